The Hall–Kier alpha value is -2.00. The van der Waals surface area contributed by atoms with E-state index in [-0.39, 0.29) is 6.10 Å². The topological polar surface area (TPSA) is 44.5 Å². The van der Waals surface area contributed by atoms with Crippen LogP contribution in [0.1, 0.15) is 19.3 Å². The fraction of sp³-hybridized carbons (Fsp3) is 0.294. The van der Waals surface area contributed by atoms with E-state index >= 15 is 0 Å². The van der Waals surface area contributed by atoms with Crippen LogP contribution in [-0.4, -0.2) is 12.1 Å². The van der Waals surface area contributed by atoms with E-state index in [1.54, 1.807) is 0 Å². The maximum atomic E-state index is 5.92. The van der Waals surface area contributed by atoms with Crippen LogP contribution < -0.4 is 15.2 Å². The predicted octanol–water partition coefficient (Wildman–Crippen LogP) is 3.74. The molecule has 2 N–H and O–H groups in total. The lowest BCUT2D eigenvalue weighted by Crippen LogP contribution is -2.19. The van der Waals surface area contributed by atoms with Gasteiger partial charge in [0.2, 0.25) is 0 Å². The van der Waals surface area contributed by atoms with E-state index in [9.17, 15) is 0 Å². The summed E-state index contributed by atoms with van der Waals surface area (Å²) in [7, 11) is 0. The van der Waals surface area contributed by atoms with Gasteiger partial charge in [0.15, 0.2) is 0 Å². The highest BCUT2D eigenvalue weighted by molar-refractivity contribution is 5.35. The molecule has 0 radical (unpaired) electrons. The molecule has 0 aromatic heterocycles. The average molecular weight is 269 g/mol. The normalized spacial score (nSPS) is 21.6. The van der Waals surface area contributed by atoms with Crippen molar-refractivity contribution >= 4 is 0 Å². The summed E-state index contributed by atoms with van der Waals surface area (Å²) < 4.78 is 11.7. The minimum Gasteiger partial charge on any atom is -0.490 e. The first-order chi connectivity index (χ1) is 9.79. The van der Waals surface area contributed by atoms with Crippen LogP contribution in [0.5, 0.6) is 17.2 Å². The molecule has 2 unspecified atom stereocenters. The average Bonchev–Trinajstić information content (AvgIpc) is 2.88. The number of ether oxygens (including phenoxy) is 2. The van der Waals surface area contributed by atoms with Crippen LogP contribution in [0.25, 0.3) is 0 Å². The second kappa shape index (κ2) is 5.97. The summed E-state index contributed by atoms with van der Waals surface area (Å²) in [5.74, 6) is 2.53. The lowest BCUT2D eigenvalue weighted by Gasteiger charge is -2.14. The number of rotatable bonds is 4. The predicted molar refractivity (Wildman–Crippen MR) is 79.2 cm³/mol. The molecule has 0 bridgehead atoms. The molecule has 1 fully saturated rings. The van der Waals surface area contributed by atoms with Crippen molar-refractivity contribution in [1.82, 2.24) is 0 Å². The molecule has 2 atom stereocenters. The van der Waals surface area contributed by atoms with Gasteiger partial charge in [-0.3, -0.25) is 0 Å². The molecule has 1 aliphatic rings. The van der Waals surface area contributed by atoms with Gasteiger partial charge in [0, 0.05) is 6.04 Å². The highest BCUT2D eigenvalue weighted by atomic mass is 16.5. The van der Waals surface area contributed by atoms with Crippen molar-refractivity contribution in [2.24, 2.45) is 5.73 Å². The Balaban J connectivity index is 1.60. The molecular formula is C17H19NO2. The van der Waals surface area contributed by atoms with Crippen LogP contribution in [0.2, 0.25) is 0 Å². The van der Waals surface area contributed by atoms with Crippen molar-refractivity contribution in [3.8, 4) is 17.2 Å². The highest BCUT2D eigenvalue weighted by Crippen LogP contribution is 2.27. The molecule has 1 aliphatic carbocycles. The Kier molecular flexibility index (Phi) is 3.88. The molecule has 20 heavy (non-hydrogen) atoms. The maximum absolute atomic E-state index is 5.92. The first-order valence-electron chi connectivity index (χ1n) is 7.05. The molecule has 0 spiro atoms. The van der Waals surface area contributed by atoms with Gasteiger partial charge < -0.3 is 15.2 Å². The summed E-state index contributed by atoms with van der Waals surface area (Å²) in [4.78, 5) is 0. The molecule has 0 saturated heterocycles. The third-order valence-electron chi connectivity index (χ3n) is 3.53. The Morgan fingerprint density at radius 3 is 2.10 bits per heavy atom. The summed E-state index contributed by atoms with van der Waals surface area (Å²) >= 11 is 0. The fourth-order valence-electron chi connectivity index (χ4n) is 2.48. The summed E-state index contributed by atoms with van der Waals surface area (Å²) in [6.45, 7) is 0. The number of hydrogen-bond acceptors (Lipinski definition) is 3. The zero-order valence-electron chi connectivity index (χ0n) is 11.4. The standard InChI is InChI=1S/C17H19NO2/c18-13-6-7-17(12-13)20-16-10-8-15(9-11-16)19-14-4-2-1-3-5-14/h1-5,8-11,13,17H,6-7,12,18H2. The van der Waals surface area contributed by atoms with Gasteiger partial charge in [-0.2, -0.15) is 0 Å². The molecule has 104 valence electrons. The molecule has 1 saturated carbocycles. The number of nitrogens with two attached hydrogens (primary N) is 1. The first-order valence-corrected chi connectivity index (χ1v) is 7.05. The molecule has 0 aliphatic heterocycles. The number of benzene rings is 2. The first kappa shape index (κ1) is 13.0. The lowest BCUT2D eigenvalue weighted by atomic mass is 10.2. The van der Waals surface area contributed by atoms with E-state index in [2.05, 4.69) is 0 Å². The fourth-order valence-corrected chi connectivity index (χ4v) is 2.48. The Labute approximate surface area is 119 Å². The van der Waals surface area contributed by atoms with Crippen LogP contribution in [0.15, 0.2) is 54.6 Å². The molecule has 3 heteroatoms. The van der Waals surface area contributed by atoms with Crippen molar-refractivity contribution < 1.29 is 9.47 Å². The van der Waals surface area contributed by atoms with Crippen LogP contribution in [0, 0.1) is 0 Å². The maximum Gasteiger partial charge on any atom is 0.127 e. The van der Waals surface area contributed by atoms with Crippen molar-refractivity contribution in [2.45, 2.75) is 31.4 Å². The van der Waals surface area contributed by atoms with Gasteiger partial charge >= 0.3 is 0 Å². The van der Waals surface area contributed by atoms with Crippen LogP contribution in [0.4, 0.5) is 0 Å². The van der Waals surface area contributed by atoms with Gasteiger partial charge in [-0.1, -0.05) is 18.2 Å². The highest BCUT2D eigenvalue weighted by Gasteiger charge is 2.23. The Morgan fingerprint density at radius 1 is 0.800 bits per heavy atom. The smallest absolute Gasteiger partial charge is 0.127 e. The van der Waals surface area contributed by atoms with Crippen molar-refractivity contribution in [1.29, 1.82) is 0 Å². The van der Waals surface area contributed by atoms with Gasteiger partial charge in [0.1, 0.15) is 23.4 Å². The summed E-state index contributed by atoms with van der Waals surface area (Å²) in [5, 5.41) is 0. The van der Waals surface area contributed by atoms with Gasteiger partial charge in [-0.05, 0) is 55.7 Å². The SMILES string of the molecule is NC1CCC(Oc2ccc(Oc3ccccc3)cc2)C1. The summed E-state index contributed by atoms with van der Waals surface area (Å²) in [6, 6.07) is 17.8. The minimum atomic E-state index is 0.255. The second-order valence-corrected chi connectivity index (χ2v) is 5.20. The van der Waals surface area contributed by atoms with E-state index < -0.39 is 0 Å². The molecule has 3 nitrogen and oxygen atoms in total. The van der Waals surface area contributed by atoms with Gasteiger partial charge in [0.25, 0.3) is 0 Å². The largest absolute Gasteiger partial charge is 0.490 e. The van der Waals surface area contributed by atoms with Crippen LogP contribution in [-0.2, 0) is 0 Å². The Bertz CT molecular complexity index is 539. The second-order valence-electron chi connectivity index (χ2n) is 5.20. The zero-order valence-corrected chi connectivity index (χ0v) is 11.4. The molecule has 0 amide bonds. The van der Waals surface area contributed by atoms with Crippen LogP contribution in [0.3, 0.4) is 0 Å². The van der Waals surface area contributed by atoms with Crippen molar-refractivity contribution in [3.05, 3.63) is 54.6 Å². The number of hydrogen-bond donors (Lipinski definition) is 1. The molecule has 2 aromatic rings. The quantitative estimate of drug-likeness (QED) is 0.919. The Morgan fingerprint density at radius 2 is 1.45 bits per heavy atom. The third kappa shape index (κ3) is 3.31. The van der Waals surface area contributed by atoms with E-state index in [0.717, 1.165) is 36.5 Å². The van der Waals surface area contributed by atoms with Gasteiger partial charge in [-0.15, -0.1) is 0 Å². The van der Waals surface area contributed by atoms with Crippen molar-refractivity contribution in [2.75, 3.05) is 0 Å². The molecule has 2 aromatic carbocycles. The van der Waals surface area contributed by atoms with E-state index in [1.807, 2.05) is 54.6 Å². The zero-order chi connectivity index (χ0) is 13.8. The lowest BCUT2D eigenvalue weighted by molar-refractivity contribution is 0.208. The molecular weight excluding hydrogens is 250 g/mol. The van der Waals surface area contributed by atoms with Crippen LogP contribution >= 0.6 is 0 Å². The van der Waals surface area contributed by atoms with Gasteiger partial charge in [0.05, 0.1) is 0 Å². The summed E-state index contributed by atoms with van der Waals surface area (Å²) in [6.07, 6.45) is 3.30. The molecule has 3 rings (SSSR count). The minimum absolute atomic E-state index is 0.255. The number of para-hydroxylation sites is 1. The summed E-state index contributed by atoms with van der Waals surface area (Å²) in [5.41, 5.74) is 5.89. The van der Waals surface area contributed by atoms with Crippen molar-refractivity contribution in [3.63, 3.8) is 0 Å². The molecule has 0 heterocycles. The van der Waals surface area contributed by atoms with E-state index in [4.69, 9.17) is 15.2 Å². The monoisotopic (exact) mass is 269 g/mol. The third-order valence-corrected chi connectivity index (χ3v) is 3.53. The van der Waals surface area contributed by atoms with E-state index in [0.29, 0.717) is 6.04 Å². The van der Waals surface area contributed by atoms with E-state index in [1.165, 1.54) is 0 Å². The van der Waals surface area contributed by atoms with Gasteiger partial charge in [-0.25, -0.2) is 0 Å².